The molecule has 0 fully saturated rings. The molecule has 6 nitrogen and oxygen atoms in total. The lowest BCUT2D eigenvalue weighted by atomic mass is 10.1. The van der Waals surface area contributed by atoms with Crippen LogP contribution in [0.3, 0.4) is 0 Å². The van der Waals surface area contributed by atoms with E-state index in [9.17, 15) is 9.59 Å². The van der Waals surface area contributed by atoms with Crippen molar-refractivity contribution < 1.29 is 24.2 Å². The van der Waals surface area contributed by atoms with Crippen molar-refractivity contribution in [3.05, 3.63) is 29.8 Å². The summed E-state index contributed by atoms with van der Waals surface area (Å²) in [6.07, 6.45) is -0.838. The first-order valence-corrected chi connectivity index (χ1v) is 4.38. The number of ether oxygens (including phenoxy) is 2. The molecule has 0 amide bonds. The number of hydrogen-bond acceptors (Lipinski definition) is 5. The zero-order chi connectivity index (χ0) is 12.1. The van der Waals surface area contributed by atoms with Gasteiger partial charge in [-0.3, -0.25) is 4.79 Å². The number of methoxy groups -OCH3 is 1. The number of carboxylic acids is 1. The predicted molar refractivity (Wildman–Crippen MR) is 54.0 cm³/mol. The number of hydrogen-bond donors (Lipinski definition) is 2. The number of carboxylic acid groups (broad SMARTS) is 1. The molecule has 0 aliphatic carbocycles. The first kappa shape index (κ1) is 12.0. The highest BCUT2D eigenvalue weighted by atomic mass is 16.7. The maximum atomic E-state index is 10.7. The lowest BCUT2D eigenvalue weighted by Crippen LogP contribution is -2.20. The van der Waals surface area contributed by atoms with Crippen molar-refractivity contribution in [1.82, 2.24) is 0 Å². The third-order valence-electron chi connectivity index (χ3n) is 1.87. The zero-order valence-corrected chi connectivity index (χ0v) is 8.54. The van der Waals surface area contributed by atoms with Gasteiger partial charge in [-0.2, -0.15) is 0 Å². The summed E-state index contributed by atoms with van der Waals surface area (Å²) >= 11 is 0. The highest BCUT2D eigenvalue weighted by molar-refractivity contribution is 5.75. The molecule has 1 aromatic carbocycles. The van der Waals surface area contributed by atoms with Gasteiger partial charge in [0, 0.05) is 0 Å². The molecule has 1 aromatic rings. The highest BCUT2D eigenvalue weighted by Crippen LogP contribution is 2.16. The maximum Gasteiger partial charge on any atom is 0.513 e. The van der Waals surface area contributed by atoms with Crippen molar-refractivity contribution in [2.45, 2.75) is 6.04 Å². The van der Waals surface area contributed by atoms with E-state index in [1.165, 1.54) is 31.4 Å². The van der Waals surface area contributed by atoms with E-state index >= 15 is 0 Å². The van der Waals surface area contributed by atoms with Crippen LogP contribution in [-0.2, 0) is 9.53 Å². The summed E-state index contributed by atoms with van der Waals surface area (Å²) in [5, 5.41) is 8.66. The Morgan fingerprint density at radius 1 is 1.31 bits per heavy atom. The van der Waals surface area contributed by atoms with E-state index in [1.54, 1.807) is 0 Å². The molecule has 0 spiro atoms. The van der Waals surface area contributed by atoms with Crippen LogP contribution in [0, 0.1) is 0 Å². The Bertz CT molecular complexity index is 387. The van der Waals surface area contributed by atoms with Gasteiger partial charge in [0.1, 0.15) is 11.8 Å². The van der Waals surface area contributed by atoms with Crippen LogP contribution in [0.15, 0.2) is 24.3 Å². The maximum absolute atomic E-state index is 10.7. The Labute approximate surface area is 91.6 Å². The van der Waals surface area contributed by atoms with E-state index in [4.69, 9.17) is 15.6 Å². The summed E-state index contributed by atoms with van der Waals surface area (Å²) in [5.41, 5.74) is 5.80. The second-order valence-corrected chi connectivity index (χ2v) is 2.94. The fourth-order valence-corrected chi connectivity index (χ4v) is 1.02. The van der Waals surface area contributed by atoms with Crippen LogP contribution in [0.2, 0.25) is 0 Å². The summed E-state index contributed by atoms with van der Waals surface area (Å²) in [7, 11) is 1.19. The average Bonchev–Trinajstić information content (AvgIpc) is 2.28. The van der Waals surface area contributed by atoms with Gasteiger partial charge in [-0.25, -0.2) is 4.79 Å². The summed E-state index contributed by atoms with van der Waals surface area (Å²) in [6.45, 7) is 0. The number of rotatable bonds is 3. The molecule has 6 heteroatoms. The number of nitrogens with two attached hydrogens (primary N) is 1. The molecule has 0 unspecified atom stereocenters. The molecule has 0 aromatic heterocycles. The molecule has 16 heavy (non-hydrogen) atoms. The van der Waals surface area contributed by atoms with Gasteiger partial charge >= 0.3 is 12.1 Å². The third-order valence-corrected chi connectivity index (χ3v) is 1.87. The molecule has 0 heterocycles. The number of benzene rings is 1. The second kappa shape index (κ2) is 5.13. The SMILES string of the molecule is COC(=O)Oc1ccc([C@@H](N)C(=O)O)cc1. The molecule has 0 bridgehead atoms. The van der Waals surface area contributed by atoms with Gasteiger partial charge in [-0.05, 0) is 17.7 Å². The summed E-state index contributed by atoms with van der Waals surface area (Å²) in [6, 6.07) is 4.73. The molecule has 0 aliphatic heterocycles. The van der Waals surface area contributed by atoms with E-state index in [0.717, 1.165) is 0 Å². The van der Waals surface area contributed by atoms with Crippen LogP contribution in [0.5, 0.6) is 5.75 Å². The second-order valence-electron chi connectivity index (χ2n) is 2.94. The van der Waals surface area contributed by atoms with E-state index in [1.807, 2.05) is 0 Å². The minimum Gasteiger partial charge on any atom is -0.480 e. The van der Waals surface area contributed by atoms with Gasteiger partial charge in [0.2, 0.25) is 0 Å². The fourth-order valence-electron chi connectivity index (χ4n) is 1.02. The zero-order valence-electron chi connectivity index (χ0n) is 8.54. The molecule has 86 valence electrons. The van der Waals surface area contributed by atoms with Crippen LogP contribution in [0.4, 0.5) is 4.79 Å². The van der Waals surface area contributed by atoms with Crippen LogP contribution < -0.4 is 10.5 Å². The molecule has 0 radical (unpaired) electrons. The minimum absolute atomic E-state index is 0.258. The van der Waals surface area contributed by atoms with Gasteiger partial charge in [0.15, 0.2) is 0 Å². The molecule has 1 atom stereocenters. The normalized spacial score (nSPS) is 11.6. The summed E-state index contributed by atoms with van der Waals surface area (Å²) in [5.74, 6) is -0.866. The fraction of sp³-hybridized carbons (Fsp3) is 0.200. The van der Waals surface area contributed by atoms with Crippen LogP contribution in [0.25, 0.3) is 0 Å². The van der Waals surface area contributed by atoms with E-state index in [-0.39, 0.29) is 5.75 Å². The van der Waals surface area contributed by atoms with Crippen molar-refractivity contribution in [3.8, 4) is 5.75 Å². The lowest BCUT2D eigenvalue weighted by Gasteiger charge is -2.07. The molecule has 1 rings (SSSR count). The lowest BCUT2D eigenvalue weighted by molar-refractivity contribution is -0.138. The molecule has 3 N–H and O–H groups in total. The molecular weight excluding hydrogens is 214 g/mol. The van der Waals surface area contributed by atoms with Crippen molar-refractivity contribution in [2.75, 3.05) is 7.11 Å². The first-order valence-electron chi connectivity index (χ1n) is 4.38. The third kappa shape index (κ3) is 2.96. The van der Waals surface area contributed by atoms with Crippen molar-refractivity contribution >= 4 is 12.1 Å². The Morgan fingerprint density at radius 2 is 1.88 bits per heavy atom. The minimum atomic E-state index is -1.12. The predicted octanol–water partition coefficient (Wildman–Crippen LogP) is 0.916. The Balaban J connectivity index is 2.75. The van der Waals surface area contributed by atoms with E-state index in [2.05, 4.69) is 4.74 Å². The number of carbonyl (C=O) groups is 2. The van der Waals surface area contributed by atoms with Crippen molar-refractivity contribution in [1.29, 1.82) is 0 Å². The largest absolute Gasteiger partial charge is 0.513 e. The number of aliphatic carboxylic acids is 1. The van der Waals surface area contributed by atoms with Gasteiger partial charge in [0.25, 0.3) is 0 Å². The highest BCUT2D eigenvalue weighted by Gasteiger charge is 2.14. The molecule has 0 saturated heterocycles. The van der Waals surface area contributed by atoms with Crippen molar-refractivity contribution in [2.24, 2.45) is 5.73 Å². The molecular formula is C10H11NO5. The Hall–Kier alpha value is -2.08. The Morgan fingerprint density at radius 3 is 2.31 bits per heavy atom. The topological polar surface area (TPSA) is 98.9 Å². The smallest absolute Gasteiger partial charge is 0.480 e. The van der Waals surface area contributed by atoms with E-state index in [0.29, 0.717) is 5.56 Å². The van der Waals surface area contributed by atoms with Gasteiger partial charge in [-0.15, -0.1) is 0 Å². The van der Waals surface area contributed by atoms with Crippen LogP contribution in [-0.4, -0.2) is 24.3 Å². The van der Waals surface area contributed by atoms with Gasteiger partial charge < -0.3 is 20.3 Å². The Kier molecular flexibility index (Phi) is 3.84. The van der Waals surface area contributed by atoms with Gasteiger partial charge in [-0.1, -0.05) is 12.1 Å². The standard InChI is InChI=1S/C10H11NO5/c1-15-10(14)16-7-4-2-6(3-5-7)8(11)9(12)13/h2-5,8H,11H2,1H3,(H,12,13)/t8-/m1/s1. The average molecular weight is 225 g/mol. The van der Waals surface area contributed by atoms with E-state index < -0.39 is 18.2 Å². The van der Waals surface area contributed by atoms with Crippen LogP contribution in [0.1, 0.15) is 11.6 Å². The monoisotopic (exact) mass is 225 g/mol. The summed E-state index contributed by atoms with van der Waals surface area (Å²) < 4.78 is 9.00. The molecule has 0 aliphatic rings. The van der Waals surface area contributed by atoms with Crippen molar-refractivity contribution in [3.63, 3.8) is 0 Å². The number of carbonyl (C=O) groups excluding carboxylic acids is 1. The van der Waals surface area contributed by atoms with Crippen LogP contribution >= 0.6 is 0 Å². The first-order chi connectivity index (χ1) is 7.54. The summed E-state index contributed by atoms with van der Waals surface area (Å²) in [4.78, 5) is 21.3. The quantitative estimate of drug-likeness (QED) is 0.586. The van der Waals surface area contributed by atoms with Gasteiger partial charge in [0.05, 0.1) is 7.11 Å². The molecule has 0 saturated carbocycles.